The molecular formula is C68H94S4. The van der Waals surface area contributed by atoms with Crippen LogP contribution in [0.3, 0.4) is 0 Å². The first kappa shape index (κ1) is 55.5. The van der Waals surface area contributed by atoms with Crippen LogP contribution in [0.2, 0.25) is 0 Å². The number of aryl methyl sites for hydroxylation is 4. The zero-order chi connectivity index (χ0) is 49.4. The molecule has 0 unspecified atom stereocenters. The molecule has 0 saturated heterocycles. The van der Waals surface area contributed by atoms with Crippen molar-refractivity contribution in [1.29, 1.82) is 0 Å². The summed E-state index contributed by atoms with van der Waals surface area (Å²) >= 11 is 8.09. The molecule has 0 aliphatic rings. The maximum absolute atomic E-state index is 2.51. The number of hydrogen-bond donors (Lipinski definition) is 0. The first-order valence-electron chi connectivity index (χ1n) is 30.4. The van der Waals surface area contributed by atoms with Crippen molar-refractivity contribution in [2.24, 2.45) is 0 Å². The summed E-state index contributed by atoms with van der Waals surface area (Å²) in [5, 5.41) is 5.85. The number of rotatable bonds is 39. The van der Waals surface area contributed by atoms with E-state index < -0.39 is 0 Å². The Morgan fingerprint density at radius 1 is 0.222 bits per heavy atom. The van der Waals surface area contributed by atoms with Gasteiger partial charge in [0.1, 0.15) is 0 Å². The van der Waals surface area contributed by atoms with Gasteiger partial charge < -0.3 is 0 Å². The molecule has 4 heteroatoms. The molecule has 8 aromatic rings. The van der Waals surface area contributed by atoms with Crippen LogP contribution in [-0.4, -0.2) is 0 Å². The molecule has 72 heavy (non-hydrogen) atoms. The molecule has 0 saturated carbocycles. The molecule has 0 nitrogen and oxygen atoms in total. The van der Waals surface area contributed by atoms with E-state index in [1.54, 1.807) is 0 Å². The summed E-state index contributed by atoms with van der Waals surface area (Å²) in [5.74, 6) is 0. The lowest BCUT2D eigenvalue weighted by Crippen LogP contribution is -1.89. The van der Waals surface area contributed by atoms with Crippen molar-refractivity contribution in [1.82, 2.24) is 0 Å². The van der Waals surface area contributed by atoms with Crippen molar-refractivity contribution in [2.45, 2.75) is 258 Å². The van der Waals surface area contributed by atoms with Crippen molar-refractivity contribution in [3.05, 3.63) is 95.1 Å². The zero-order valence-electron chi connectivity index (χ0n) is 45.4. The topological polar surface area (TPSA) is 0 Å². The van der Waals surface area contributed by atoms with Gasteiger partial charge in [0, 0.05) is 40.3 Å². The molecule has 8 rings (SSSR count). The average Bonchev–Trinajstić information content (AvgIpc) is 4.14. The number of benzene rings is 4. The predicted molar refractivity (Wildman–Crippen MR) is 333 cm³/mol. The number of unbranched alkanes of at least 4 members (excludes halogenated alkanes) is 31. The fraction of sp³-hybridized carbons (Fsp3) is 0.588. The van der Waals surface area contributed by atoms with E-state index in [1.807, 2.05) is 45.3 Å². The van der Waals surface area contributed by atoms with Gasteiger partial charge in [-0.05, 0) is 97.9 Å². The third-order valence-corrected chi connectivity index (χ3v) is 21.2. The first-order chi connectivity index (χ1) is 35.7. The molecule has 0 aliphatic carbocycles. The van der Waals surface area contributed by atoms with E-state index >= 15 is 0 Å². The van der Waals surface area contributed by atoms with Crippen LogP contribution < -0.4 is 0 Å². The molecule has 0 atom stereocenters. The highest BCUT2D eigenvalue weighted by Crippen LogP contribution is 2.46. The minimum Gasteiger partial charge on any atom is -0.134 e. The van der Waals surface area contributed by atoms with E-state index in [9.17, 15) is 0 Å². The van der Waals surface area contributed by atoms with Crippen LogP contribution in [0.4, 0.5) is 0 Å². The second kappa shape index (κ2) is 31.3. The van der Waals surface area contributed by atoms with Gasteiger partial charge in [-0.25, -0.2) is 0 Å². The van der Waals surface area contributed by atoms with Gasteiger partial charge in [-0.3, -0.25) is 0 Å². The maximum atomic E-state index is 2.51. The van der Waals surface area contributed by atoms with Crippen molar-refractivity contribution in [2.75, 3.05) is 0 Å². The van der Waals surface area contributed by atoms with Crippen LogP contribution in [0.25, 0.3) is 59.1 Å². The summed E-state index contributed by atoms with van der Waals surface area (Å²) < 4.78 is 11.9. The van der Waals surface area contributed by atoms with Crippen molar-refractivity contribution in [3.8, 4) is 0 Å². The molecule has 4 aromatic carbocycles. The number of thiophene rings is 4. The van der Waals surface area contributed by atoms with Crippen LogP contribution in [0.5, 0.6) is 0 Å². The third-order valence-electron chi connectivity index (χ3n) is 16.2. The van der Waals surface area contributed by atoms with E-state index in [0.717, 1.165) is 12.8 Å². The van der Waals surface area contributed by atoms with E-state index in [0.29, 0.717) is 0 Å². The second-order valence-corrected chi connectivity index (χ2v) is 26.6. The third kappa shape index (κ3) is 16.9. The molecule has 390 valence electrons. The highest BCUT2D eigenvalue weighted by molar-refractivity contribution is 7.37. The fourth-order valence-electron chi connectivity index (χ4n) is 11.7. The summed E-state index contributed by atoms with van der Waals surface area (Å²) in [7, 11) is 0. The molecule has 0 N–H and O–H groups in total. The zero-order valence-corrected chi connectivity index (χ0v) is 48.7. The largest absolute Gasteiger partial charge is 0.134 e. The standard InChI is InChI=1S/C68H94S4/c1-3-5-7-9-11-13-15-17-19-21-23-25-27-29-31-33-37-53-41-45-57-61(49-53)69-67-59-47-43-55(51-63(59)71-65(57)67)39-35-36-40-56-44-48-60-64(52-56)72-66-58-46-42-54(50-62(58)70-68(60)66)38-34-32-30-28-26-24-22-20-18-16-14-12-10-8-6-4-2/h41-52H,3-40H2,1-2H3. The van der Waals surface area contributed by atoms with Crippen molar-refractivity contribution >= 4 is 104 Å². The Bertz CT molecular complexity index is 2580. The monoisotopic (exact) mass is 1040 g/mol. The van der Waals surface area contributed by atoms with Crippen LogP contribution in [0.15, 0.2) is 72.8 Å². The highest BCUT2D eigenvalue weighted by Gasteiger charge is 2.15. The molecule has 4 heterocycles. The molecule has 0 spiro atoms. The maximum Gasteiger partial charge on any atom is 0.0542 e. The molecule has 4 aromatic heterocycles. The van der Waals surface area contributed by atoms with Crippen LogP contribution >= 0.6 is 45.3 Å². The second-order valence-electron chi connectivity index (χ2n) is 22.4. The van der Waals surface area contributed by atoms with E-state index in [2.05, 4.69) is 86.6 Å². The Morgan fingerprint density at radius 2 is 0.403 bits per heavy atom. The van der Waals surface area contributed by atoms with Gasteiger partial charge in [0.05, 0.1) is 18.8 Å². The normalized spacial score (nSPS) is 12.2. The Hall–Kier alpha value is -2.76. The Labute approximate surface area is 454 Å². The minimum absolute atomic E-state index is 1.16. The Balaban J connectivity index is 0.700. The Morgan fingerprint density at radius 3 is 0.611 bits per heavy atom. The van der Waals surface area contributed by atoms with Crippen LogP contribution in [0.1, 0.15) is 254 Å². The molecule has 0 amide bonds. The molecule has 0 radical (unpaired) electrons. The summed E-state index contributed by atoms with van der Waals surface area (Å²) in [6.45, 7) is 4.62. The van der Waals surface area contributed by atoms with Gasteiger partial charge in [-0.15, -0.1) is 45.3 Å². The van der Waals surface area contributed by atoms with Gasteiger partial charge in [0.25, 0.3) is 0 Å². The lowest BCUT2D eigenvalue weighted by atomic mass is 10.0. The molecule has 0 bridgehead atoms. The average molecular weight is 1040 g/mol. The highest BCUT2D eigenvalue weighted by atomic mass is 32.1. The number of fused-ring (bicyclic) bond motifs is 10. The summed E-state index contributed by atoms with van der Waals surface area (Å²) in [6.07, 6.45) is 53.1. The summed E-state index contributed by atoms with van der Waals surface area (Å²) in [6, 6.07) is 29.4. The van der Waals surface area contributed by atoms with Crippen molar-refractivity contribution < 1.29 is 0 Å². The summed E-state index contributed by atoms with van der Waals surface area (Å²) in [5.41, 5.74) is 6.05. The van der Waals surface area contributed by atoms with E-state index in [-0.39, 0.29) is 0 Å². The predicted octanol–water partition coefficient (Wildman–Crippen LogP) is 25.0. The van der Waals surface area contributed by atoms with Gasteiger partial charge >= 0.3 is 0 Å². The lowest BCUT2D eigenvalue weighted by Gasteiger charge is -2.04. The minimum atomic E-state index is 1.16. The first-order valence-corrected chi connectivity index (χ1v) is 33.7. The summed E-state index contributed by atoms with van der Waals surface area (Å²) in [4.78, 5) is 0. The Kier molecular flexibility index (Phi) is 24.1. The van der Waals surface area contributed by atoms with Gasteiger partial charge in [-0.1, -0.05) is 255 Å². The van der Waals surface area contributed by atoms with Crippen molar-refractivity contribution in [3.63, 3.8) is 0 Å². The molecule has 0 fully saturated rings. The quantitative estimate of drug-likeness (QED) is 0.0337. The van der Waals surface area contributed by atoms with Crippen LogP contribution in [0, 0.1) is 0 Å². The SMILES string of the molecule is CCCCCCCCCCCCCCCCCCc1ccc2c(c1)sc1c3ccc(CCCCc4ccc5c(c4)sc4c6ccc(CCCCCCCCCCCCCCCCCC)cc6sc54)cc3sc21. The fourth-order valence-corrected chi connectivity index (χ4v) is 17.3. The van der Waals surface area contributed by atoms with Gasteiger partial charge in [-0.2, -0.15) is 0 Å². The molecule has 0 aliphatic heterocycles. The van der Waals surface area contributed by atoms with E-state index in [4.69, 9.17) is 0 Å². The lowest BCUT2D eigenvalue weighted by molar-refractivity contribution is 0.529. The van der Waals surface area contributed by atoms with Crippen LogP contribution in [-0.2, 0) is 25.7 Å². The molecular weight excluding hydrogens is 945 g/mol. The van der Waals surface area contributed by atoms with Gasteiger partial charge in [0.2, 0.25) is 0 Å². The smallest absolute Gasteiger partial charge is 0.0542 e. The van der Waals surface area contributed by atoms with Gasteiger partial charge in [0.15, 0.2) is 0 Å². The number of hydrogen-bond acceptors (Lipinski definition) is 4. The van der Waals surface area contributed by atoms with E-state index in [1.165, 1.54) is 313 Å².